The smallest absolute Gasteiger partial charge is 0.408 e. The molecule has 0 aliphatic rings. The Morgan fingerprint density at radius 1 is 0.868 bits per heavy atom. The number of hydrogen-bond donors (Lipinski definition) is 6. The first-order valence-corrected chi connectivity index (χ1v) is 12.7. The van der Waals surface area contributed by atoms with Crippen molar-refractivity contribution < 1.29 is 33.8 Å². The van der Waals surface area contributed by atoms with Crippen LogP contribution in [0.2, 0.25) is 0 Å². The molecular formula is C26H41N5O7. The number of nitrogens with one attached hydrogen (secondary N) is 5. The molecule has 5 amide bonds. The third-order valence-electron chi connectivity index (χ3n) is 5.36. The molecule has 0 aliphatic carbocycles. The molecular weight excluding hydrogens is 494 g/mol. The zero-order chi connectivity index (χ0) is 28.7. The van der Waals surface area contributed by atoms with Gasteiger partial charge in [0.15, 0.2) is 0 Å². The molecule has 0 fully saturated rings. The highest BCUT2D eigenvalue weighted by Gasteiger charge is 2.31. The standard InChI is InChI=1S/C26H41N5O7/c1-16(2)13-20(29-26(37)38-15-19-9-7-6-8-10-19)24(35)31-22(17(3)4)25(36)28-18(5)23(34)30-21(33)14-27-11-12-32/h6-10,16-18,20,22,27,32H,11-15H2,1-5H3,(H,28,36)(H,29,37)(H,31,35)(H,30,33,34)/t18-,20-,22-/m0/s1. The summed E-state index contributed by atoms with van der Waals surface area (Å²) < 4.78 is 5.23. The van der Waals surface area contributed by atoms with Crippen molar-refractivity contribution in [2.24, 2.45) is 11.8 Å². The van der Waals surface area contributed by atoms with Crippen LogP contribution in [0.3, 0.4) is 0 Å². The Morgan fingerprint density at radius 3 is 2.11 bits per heavy atom. The summed E-state index contributed by atoms with van der Waals surface area (Å²) in [7, 11) is 0. The minimum Gasteiger partial charge on any atom is -0.445 e. The van der Waals surface area contributed by atoms with E-state index < -0.39 is 47.8 Å². The van der Waals surface area contributed by atoms with E-state index in [1.807, 2.05) is 44.2 Å². The molecule has 38 heavy (non-hydrogen) atoms. The Bertz CT molecular complexity index is 924. The Morgan fingerprint density at radius 2 is 1.53 bits per heavy atom. The van der Waals surface area contributed by atoms with Crippen molar-refractivity contribution in [3.8, 4) is 0 Å². The Labute approximate surface area is 223 Å². The quantitative estimate of drug-likeness (QED) is 0.173. The molecule has 0 bridgehead atoms. The molecule has 0 spiro atoms. The fraction of sp³-hybridized carbons (Fsp3) is 0.577. The molecule has 1 aromatic carbocycles. The van der Waals surface area contributed by atoms with E-state index in [4.69, 9.17) is 9.84 Å². The van der Waals surface area contributed by atoms with Gasteiger partial charge in [0, 0.05) is 6.54 Å². The van der Waals surface area contributed by atoms with Gasteiger partial charge < -0.3 is 31.1 Å². The highest BCUT2D eigenvalue weighted by atomic mass is 16.5. The van der Waals surface area contributed by atoms with E-state index in [-0.39, 0.29) is 38.1 Å². The third-order valence-corrected chi connectivity index (χ3v) is 5.36. The van der Waals surface area contributed by atoms with Gasteiger partial charge in [-0.3, -0.25) is 24.5 Å². The molecule has 0 unspecified atom stereocenters. The molecule has 0 heterocycles. The maximum absolute atomic E-state index is 13.1. The summed E-state index contributed by atoms with van der Waals surface area (Å²) >= 11 is 0. The number of ether oxygens (including phenoxy) is 1. The van der Waals surface area contributed by atoms with E-state index in [9.17, 15) is 24.0 Å². The van der Waals surface area contributed by atoms with Gasteiger partial charge >= 0.3 is 6.09 Å². The molecule has 212 valence electrons. The molecule has 12 heteroatoms. The maximum atomic E-state index is 13.1. The number of aliphatic hydroxyl groups excluding tert-OH is 1. The number of imide groups is 1. The average Bonchev–Trinajstić information content (AvgIpc) is 2.85. The second kappa shape index (κ2) is 17.1. The van der Waals surface area contributed by atoms with Crippen LogP contribution < -0.4 is 26.6 Å². The van der Waals surface area contributed by atoms with Gasteiger partial charge in [-0.15, -0.1) is 0 Å². The second-order valence-electron chi connectivity index (χ2n) is 9.66. The molecule has 0 aliphatic heterocycles. The van der Waals surface area contributed by atoms with Gasteiger partial charge in [0.05, 0.1) is 13.2 Å². The first-order valence-electron chi connectivity index (χ1n) is 12.7. The van der Waals surface area contributed by atoms with Crippen molar-refractivity contribution in [2.45, 2.75) is 65.8 Å². The van der Waals surface area contributed by atoms with E-state index in [2.05, 4.69) is 26.6 Å². The van der Waals surface area contributed by atoms with Crippen LogP contribution in [0.25, 0.3) is 0 Å². The van der Waals surface area contributed by atoms with Crippen LogP contribution in [-0.4, -0.2) is 72.7 Å². The fourth-order valence-corrected chi connectivity index (χ4v) is 3.34. The number of hydrogen-bond acceptors (Lipinski definition) is 8. The number of rotatable bonds is 15. The molecule has 0 aromatic heterocycles. The van der Waals surface area contributed by atoms with Crippen LogP contribution in [0.1, 0.15) is 46.6 Å². The lowest BCUT2D eigenvalue weighted by Gasteiger charge is -2.27. The lowest BCUT2D eigenvalue weighted by Crippen LogP contribution is -2.58. The minimum atomic E-state index is -1.06. The summed E-state index contributed by atoms with van der Waals surface area (Å²) in [6, 6.07) is 6.10. The monoisotopic (exact) mass is 535 g/mol. The average molecular weight is 536 g/mol. The van der Waals surface area contributed by atoms with Crippen molar-refractivity contribution in [3.63, 3.8) is 0 Å². The zero-order valence-electron chi connectivity index (χ0n) is 22.7. The largest absolute Gasteiger partial charge is 0.445 e. The summed E-state index contributed by atoms with van der Waals surface area (Å²) in [5.41, 5.74) is 0.797. The van der Waals surface area contributed by atoms with Gasteiger partial charge in [-0.05, 0) is 30.7 Å². The van der Waals surface area contributed by atoms with Crippen LogP contribution in [-0.2, 0) is 30.5 Å². The molecule has 1 aromatic rings. The van der Waals surface area contributed by atoms with Crippen molar-refractivity contribution in [2.75, 3.05) is 19.7 Å². The summed E-state index contributed by atoms with van der Waals surface area (Å²) in [6.07, 6.45) is -0.451. The highest BCUT2D eigenvalue weighted by molar-refractivity contribution is 6.00. The van der Waals surface area contributed by atoms with E-state index >= 15 is 0 Å². The molecule has 6 N–H and O–H groups in total. The number of amides is 5. The summed E-state index contributed by atoms with van der Waals surface area (Å²) in [4.78, 5) is 62.5. The predicted octanol–water partition coefficient (Wildman–Crippen LogP) is 0.198. The molecule has 0 saturated heterocycles. The van der Waals surface area contributed by atoms with Gasteiger partial charge in [0.1, 0.15) is 24.7 Å². The van der Waals surface area contributed by atoms with Crippen molar-refractivity contribution >= 4 is 29.7 Å². The first-order chi connectivity index (χ1) is 17.9. The van der Waals surface area contributed by atoms with Crippen LogP contribution in [0.4, 0.5) is 4.79 Å². The Hall–Kier alpha value is -3.51. The van der Waals surface area contributed by atoms with Gasteiger partial charge in [-0.2, -0.15) is 0 Å². The van der Waals surface area contributed by atoms with E-state index in [0.717, 1.165) is 5.56 Å². The lowest BCUT2D eigenvalue weighted by atomic mass is 10.00. The molecule has 0 saturated carbocycles. The number of benzene rings is 1. The van der Waals surface area contributed by atoms with Crippen molar-refractivity contribution in [1.82, 2.24) is 26.6 Å². The Balaban J connectivity index is 2.74. The number of alkyl carbamates (subject to hydrolysis) is 1. The van der Waals surface area contributed by atoms with Gasteiger partial charge in [-0.25, -0.2) is 4.79 Å². The van der Waals surface area contributed by atoms with Crippen molar-refractivity contribution in [1.29, 1.82) is 0 Å². The predicted molar refractivity (Wildman–Crippen MR) is 140 cm³/mol. The number of aliphatic hydroxyl groups is 1. The van der Waals surface area contributed by atoms with E-state index in [1.54, 1.807) is 13.8 Å². The van der Waals surface area contributed by atoms with Crippen LogP contribution in [0.15, 0.2) is 30.3 Å². The SMILES string of the molecule is CC(C)C[C@H](NC(=O)OCc1ccccc1)C(=O)N[C@H](C(=O)N[C@@H](C)C(=O)NC(=O)CNCCO)C(C)C. The summed E-state index contributed by atoms with van der Waals surface area (Å²) in [5, 5.41) is 21.3. The molecule has 12 nitrogen and oxygen atoms in total. The van der Waals surface area contributed by atoms with Crippen molar-refractivity contribution in [3.05, 3.63) is 35.9 Å². The van der Waals surface area contributed by atoms with Crippen LogP contribution in [0, 0.1) is 11.8 Å². The second-order valence-corrected chi connectivity index (χ2v) is 9.66. The maximum Gasteiger partial charge on any atom is 0.408 e. The summed E-state index contributed by atoms with van der Waals surface area (Å²) in [6.45, 7) is 8.56. The number of carbonyl (C=O) groups excluding carboxylic acids is 5. The van der Waals surface area contributed by atoms with Gasteiger partial charge in [0.2, 0.25) is 23.6 Å². The lowest BCUT2D eigenvalue weighted by molar-refractivity contribution is -0.135. The highest BCUT2D eigenvalue weighted by Crippen LogP contribution is 2.09. The molecule has 0 radical (unpaired) electrons. The van der Waals surface area contributed by atoms with Crippen LogP contribution in [0.5, 0.6) is 0 Å². The Kier molecular flexibility index (Phi) is 14.6. The van der Waals surface area contributed by atoms with E-state index in [0.29, 0.717) is 6.42 Å². The molecule has 3 atom stereocenters. The van der Waals surface area contributed by atoms with Gasteiger partial charge in [-0.1, -0.05) is 58.0 Å². The zero-order valence-corrected chi connectivity index (χ0v) is 22.7. The minimum absolute atomic E-state index is 0.0413. The topological polar surface area (TPSA) is 175 Å². The number of carbonyl (C=O) groups is 5. The van der Waals surface area contributed by atoms with E-state index in [1.165, 1.54) is 6.92 Å². The third kappa shape index (κ3) is 12.6. The van der Waals surface area contributed by atoms with Gasteiger partial charge in [0.25, 0.3) is 0 Å². The summed E-state index contributed by atoms with van der Waals surface area (Å²) in [5.74, 6) is -2.80. The van der Waals surface area contributed by atoms with Crippen LogP contribution >= 0.6 is 0 Å². The molecule has 1 rings (SSSR count). The first kappa shape index (κ1) is 32.5. The fourth-order valence-electron chi connectivity index (χ4n) is 3.34. The normalized spacial score (nSPS) is 13.3.